The van der Waals surface area contributed by atoms with Gasteiger partial charge < -0.3 is 14.5 Å². The van der Waals surface area contributed by atoms with Gasteiger partial charge in [-0.15, -0.1) is 0 Å². The van der Waals surface area contributed by atoms with Gasteiger partial charge in [0.2, 0.25) is 5.91 Å². The van der Waals surface area contributed by atoms with Crippen LogP contribution in [0, 0.1) is 5.92 Å². The van der Waals surface area contributed by atoms with Gasteiger partial charge in [-0.1, -0.05) is 6.92 Å². The Morgan fingerprint density at radius 2 is 1.88 bits per heavy atom. The zero-order valence-electron chi connectivity index (χ0n) is 15.7. The van der Waals surface area contributed by atoms with Crippen molar-refractivity contribution in [3.05, 3.63) is 0 Å². The van der Waals surface area contributed by atoms with Gasteiger partial charge in [-0.25, -0.2) is 0 Å². The van der Waals surface area contributed by atoms with Crippen LogP contribution in [-0.4, -0.2) is 85.7 Å². The minimum atomic E-state index is 0.294. The van der Waals surface area contributed by atoms with Crippen LogP contribution >= 0.6 is 0 Å². The molecule has 3 rings (SSSR count). The lowest BCUT2D eigenvalue weighted by Gasteiger charge is -2.42. The number of amides is 1. The smallest absolute Gasteiger partial charge is 0.236 e. The average molecular weight is 338 g/mol. The highest BCUT2D eigenvalue weighted by molar-refractivity contribution is 5.78. The molecule has 0 radical (unpaired) electrons. The van der Waals surface area contributed by atoms with Gasteiger partial charge in [0.1, 0.15) is 0 Å². The summed E-state index contributed by atoms with van der Waals surface area (Å²) in [6.45, 7) is 6.46. The van der Waals surface area contributed by atoms with E-state index >= 15 is 0 Å². The van der Waals surface area contributed by atoms with E-state index in [-0.39, 0.29) is 0 Å². The first-order chi connectivity index (χ1) is 11.6. The lowest BCUT2D eigenvalue weighted by Crippen LogP contribution is -2.57. The average Bonchev–Trinajstić information content (AvgIpc) is 3.01. The van der Waals surface area contributed by atoms with Crippen molar-refractivity contribution in [3.8, 4) is 0 Å². The maximum Gasteiger partial charge on any atom is 0.236 e. The molecule has 0 aromatic rings. The fourth-order valence-electron chi connectivity index (χ4n) is 4.75. The summed E-state index contributed by atoms with van der Waals surface area (Å²) in [6.07, 6.45) is 7.35. The Morgan fingerprint density at radius 3 is 2.54 bits per heavy atom. The van der Waals surface area contributed by atoms with Crippen molar-refractivity contribution in [1.82, 2.24) is 14.7 Å². The molecule has 0 aromatic carbocycles. The Hall–Kier alpha value is -0.650. The molecule has 5 nitrogen and oxygen atoms in total. The molecule has 138 valence electrons. The number of hydrogen-bond donors (Lipinski definition) is 0. The van der Waals surface area contributed by atoms with Crippen LogP contribution in [0.25, 0.3) is 0 Å². The molecule has 2 atom stereocenters. The van der Waals surface area contributed by atoms with E-state index in [4.69, 9.17) is 4.74 Å². The van der Waals surface area contributed by atoms with E-state index in [9.17, 15) is 4.79 Å². The number of morpholine rings is 1. The molecule has 2 aliphatic heterocycles. The van der Waals surface area contributed by atoms with Crippen molar-refractivity contribution in [2.75, 3.05) is 46.9 Å². The predicted molar refractivity (Wildman–Crippen MR) is 96.0 cm³/mol. The molecule has 0 spiro atoms. The standard InChI is InChI=1S/C19H35N3O2/c1-15-6-8-16(9-7-15)21(3)19(23)13-22-11-12-24-14-18(22)17-5-4-10-20(17)2/h15-18H,4-14H2,1-3H3. The quantitative estimate of drug-likeness (QED) is 0.784. The predicted octanol–water partition coefficient (Wildman–Crippen LogP) is 1.82. The van der Waals surface area contributed by atoms with Gasteiger partial charge in [0.25, 0.3) is 0 Å². The maximum atomic E-state index is 12.9. The molecule has 0 N–H and O–H groups in total. The summed E-state index contributed by atoms with van der Waals surface area (Å²) in [6, 6.07) is 1.36. The molecule has 0 aromatic heterocycles. The van der Waals surface area contributed by atoms with E-state index in [1.165, 1.54) is 45.1 Å². The van der Waals surface area contributed by atoms with Crippen LogP contribution in [0.15, 0.2) is 0 Å². The molecular weight excluding hydrogens is 302 g/mol. The monoisotopic (exact) mass is 337 g/mol. The van der Waals surface area contributed by atoms with Crippen molar-refractivity contribution in [1.29, 1.82) is 0 Å². The Labute approximate surface area is 147 Å². The van der Waals surface area contributed by atoms with Gasteiger partial charge >= 0.3 is 0 Å². The van der Waals surface area contributed by atoms with Crippen LogP contribution in [-0.2, 0) is 9.53 Å². The summed E-state index contributed by atoms with van der Waals surface area (Å²) < 4.78 is 5.75. The van der Waals surface area contributed by atoms with E-state index in [0.29, 0.717) is 30.6 Å². The second-order valence-electron chi connectivity index (χ2n) is 8.22. The van der Waals surface area contributed by atoms with Crippen LogP contribution < -0.4 is 0 Å². The molecule has 2 unspecified atom stereocenters. The summed E-state index contributed by atoms with van der Waals surface area (Å²) in [7, 11) is 4.22. The Bertz CT molecular complexity index is 423. The normalized spacial score (nSPS) is 36.0. The number of nitrogens with zero attached hydrogens (tertiary/aromatic N) is 3. The second-order valence-corrected chi connectivity index (χ2v) is 8.22. The van der Waals surface area contributed by atoms with E-state index in [2.05, 4.69) is 23.8 Å². The summed E-state index contributed by atoms with van der Waals surface area (Å²) in [5, 5.41) is 0. The van der Waals surface area contributed by atoms with Crippen molar-refractivity contribution >= 4 is 5.91 Å². The van der Waals surface area contributed by atoms with E-state index < -0.39 is 0 Å². The molecule has 1 saturated carbocycles. The first kappa shape index (κ1) is 18.2. The minimum absolute atomic E-state index is 0.294. The lowest BCUT2D eigenvalue weighted by atomic mass is 9.87. The lowest BCUT2D eigenvalue weighted by molar-refractivity contribution is -0.137. The van der Waals surface area contributed by atoms with E-state index in [0.717, 1.165) is 25.7 Å². The van der Waals surface area contributed by atoms with E-state index in [1.807, 2.05) is 11.9 Å². The zero-order valence-corrected chi connectivity index (χ0v) is 15.7. The van der Waals surface area contributed by atoms with Crippen LogP contribution in [0.4, 0.5) is 0 Å². The SMILES string of the molecule is CC1CCC(N(C)C(=O)CN2CCOCC2C2CCCN2C)CC1. The summed E-state index contributed by atoms with van der Waals surface area (Å²) in [5.41, 5.74) is 0. The van der Waals surface area contributed by atoms with Gasteiger partial charge in [0.15, 0.2) is 0 Å². The highest BCUT2D eigenvalue weighted by Crippen LogP contribution is 2.27. The molecular formula is C19H35N3O2. The maximum absolute atomic E-state index is 12.9. The fourth-order valence-corrected chi connectivity index (χ4v) is 4.75. The largest absolute Gasteiger partial charge is 0.378 e. The summed E-state index contributed by atoms with van der Waals surface area (Å²) in [5.74, 6) is 1.12. The number of likely N-dealkylation sites (tertiary alicyclic amines) is 1. The number of likely N-dealkylation sites (N-methyl/N-ethyl adjacent to an activating group) is 2. The third-order valence-corrected chi connectivity index (χ3v) is 6.57. The van der Waals surface area contributed by atoms with Crippen molar-refractivity contribution in [3.63, 3.8) is 0 Å². The number of carbonyl (C=O) groups excluding carboxylic acids is 1. The highest BCUT2D eigenvalue weighted by atomic mass is 16.5. The first-order valence-electron chi connectivity index (χ1n) is 9.84. The topological polar surface area (TPSA) is 36.0 Å². The van der Waals surface area contributed by atoms with Crippen molar-refractivity contribution < 1.29 is 9.53 Å². The summed E-state index contributed by atoms with van der Waals surface area (Å²) >= 11 is 0. The highest BCUT2D eigenvalue weighted by Gasteiger charge is 2.37. The number of ether oxygens (including phenoxy) is 1. The minimum Gasteiger partial charge on any atom is -0.378 e. The van der Waals surface area contributed by atoms with Gasteiger partial charge in [0.05, 0.1) is 19.8 Å². The second kappa shape index (κ2) is 8.15. The third-order valence-electron chi connectivity index (χ3n) is 6.57. The van der Waals surface area contributed by atoms with Gasteiger partial charge in [-0.2, -0.15) is 0 Å². The van der Waals surface area contributed by atoms with Crippen LogP contribution in [0.2, 0.25) is 0 Å². The first-order valence-corrected chi connectivity index (χ1v) is 9.84. The number of hydrogen-bond acceptors (Lipinski definition) is 4. The van der Waals surface area contributed by atoms with Crippen LogP contribution in [0.5, 0.6) is 0 Å². The number of rotatable bonds is 4. The molecule has 24 heavy (non-hydrogen) atoms. The molecule has 1 aliphatic carbocycles. The fraction of sp³-hybridized carbons (Fsp3) is 0.947. The van der Waals surface area contributed by atoms with Crippen LogP contribution in [0.3, 0.4) is 0 Å². The Kier molecular flexibility index (Phi) is 6.17. The van der Waals surface area contributed by atoms with E-state index in [1.54, 1.807) is 0 Å². The summed E-state index contributed by atoms with van der Waals surface area (Å²) in [4.78, 5) is 19.7. The van der Waals surface area contributed by atoms with Gasteiger partial charge in [-0.05, 0) is 58.0 Å². The molecule has 0 bridgehead atoms. The van der Waals surface area contributed by atoms with Crippen LogP contribution in [0.1, 0.15) is 45.4 Å². The van der Waals surface area contributed by atoms with Crippen molar-refractivity contribution in [2.45, 2.75) is 63.6 Å². The molecule has 3 fully saturated rings. The van der Waals surface area contributed by atoms with Crippen molar-refractivity contribution in [2.24, 2.45) is 5.92 Å². The van der Waals surface area contributed by atoms with Gasteiger partial charge in [-0.3, -0.25) is 9.69 Å². The molecule has 1 amide bonds. The third kappa shape index (κ3) is 4.12. The molecule has 3 aliphatic rings. The zero-order chi connectivity index (χ0) is 17.1. The van der Waals surface area contributed by atoms with Gasteiger partial charge in [0, 0.05) is 31.7 Å². The number of carbonyl (C=O) groups is 1. The molecule has 2 heterocycles. The Balaban J connectivity index is 1.57. The Morgan fingerprint density at radius 1 is 1.12 bits per heavy atom. The molecule has 2 saturated heterocycles. The molecule has 5 heteroatoms.